The van der Waals surface area contributed by atoms with Crippen LogP contribution < -0.4 is 0 Å². The van der Waals surface area contributed by atoms with Crippen molar-refractivity contribution in [1.82, 2.24) is 9.55 Å². The van der Waals surface area contributed by atoms with Crippen molar-refractivity contribution in [2.45, 2.75) is 24.5 Å². The van der Waals surface area contributed by atoms with Crippen LogP contribution in [0.3, 0.4) is 0 Å². The predicted molar refractivity (Wildman–Crippen MR) is 111 cm³/mol. The van der Waals surface area contributed by atoms with Gasteiger partial charge in [0, 0.05) is 0 Å². The Hall–Kier alpha value is -4.09. The second kappa shape index (κ2) is 9.59. The summed E-state index contributed by atoms with van der Waals surface area (Å²) < 4.78 is 17.6. The number of aliphatic hydroxyl groups excluding tert-OH is 1. The maximum absolute atomic E-state index is 12.6. The molecule has 3 aromatic rings. The summed E-state index contributed by atoms with van der Waals surface area (Å²) in [6.45, 7) is -0.365. The minimum atomic E-state index is -1.49. The van der Waals surface area contributed by atoms with E-state index in [2.05, 4.69) is 4.98 Å². The van der Waals surface area contributed by atoms with Gasteiger partial charge in [-0.3, -0.25) is 0 Å². The second-order valence-electron chi connectivity index (χ2n) is 7.15. The van der Waals surface area contributed by atoms with Gasteiger partial charge in [-0.15, -0.1) is 0 Å². The molecule has 1 aromatic heterocycles. The number of esters is 2. The van der Waals surface area contributed by atoms with E-state index in [9.17, 15) is 24.8 Å². The van der Waals surface area contributed by atoms with E-state index < -0.39 is 47.4 Å². The summed E-state index contributed by atoms with van der Waals surface area (Å²) in [4.78, 5) is 39.1. The number of benzene rings is 2. The Morgan fingerprint density at radius 1 is 1.06 bits per heavy atom. The van der Waals surface area contributed by atoms with Crippen molar-refractivity contribution in [2.24, 2.45) is 0 Å². The molecule has 0 aliphatic carbocycles. The number of carbonyl (C=O) groups is 2. The number of ether oxygens (including phenoxy) is 3. The quantitative estimate of drug-likeness (QED) is 0.323. The Labute approximate surface area is 187 Å². The summed E-state index contributed by atoms with van der Waals surface area (Å²) in [5.74, 6) is -1.93. The molecule has 11 nitrogen and oxygen atoms in total. The summed E-state index contributed by atoms with van der Waals surface area (Å²) in [6.07, 6.45) is -2.70. The third-order valence-electron chi connectivity index (χ3n) is 5.04. The number of carbonyl (C=O) groups excluding carboxylic acids is 2. The molecule has 2 heterocycles. The van der Waals surface area contributed by atoms with E-state index in [0.717, 1.165) is 4.57 Å². The average molecular weight is 453 g/mol. The van der Waals surface area contributed by atoms with Crippen molar-refractivity contribution in [1.29, 1.82) is 0 Å². The molecule has 4 atom stereocenters. The molecule has 11 heteroatoms. The SMILES string of the molecule is O=C(OC[C@H]1O[C@@H](n2ccnc2[N+](=O)[O-])[C@@H](O)[C@@H]1OC(=O)c1ccccc1)c1ccccc1. The lowest BCUT2D eigenvalue weighted by Gasteiger charge is -2.20. The predicted octanol–water partition coefficient (Wildman–Crippen LogP) is 2.13. The third kappa shape index (κ3) is 4.73. The van der Waals surface area contributed by atoms with Crippen LogP contribution in [0.2, 0.25) is 0 Å². The number of nitrogens with zero attached hydrogens (tertiary/aromatic N) is 3. The summed E-state index contributed by atoms with van der Waals surface area (Å²) in [5, 5.41) is 22.1. The first-order valence-electron chi connectivity index (χ1n) is 9.94. The molecule has 0 amide bonds. The van der Waals surface area contributed by atoms with Gasteiger partial charge >= 0.3 is 17.9 Å². The van der Waals surface area contributed by atoms with Crippen LogP contribution in [0.4, 0.5) is 5.95 Å². The lowest BCUT2D eigenvalue weighted by atomic mass is 10.1. The summed E-state index contributed by atoms with van der Waals surface area (Å²) in [7, 11) is 0. The molecule has 0 saturated carbocycles. The first kappa shape index (κ1) is 22.1. The Kier molecular flexibility index (Phi) is 6.43. The molecule has 0 spiro atoms. The highest BCUT2D eigenvalue weighted by atomic mass is 16.6. The molecule has 1 fully saturated rings. The molecule has 1 aliphatic heterocycles. The van der Waals surface area contributed by atoms with Crippen molar-refractivity contribution >= 4 is 17.9 Å². The number of aliphatic hydroxyl groups is 1. The minimum Gasteiger partial charge on any atom is -0.459 e. The van der Waals surface area contributed by atoms with Crippen LogP contribution >= 0.6 is 0 Å². The molecule has 33 heavy (non-hydrogen) atoms. The standard InChI is InChI=1S/C22H19N3O8/c26-17-18(33-21(28)15-9-5-2-6-10-15)16(13-31-20(27)14-7-3-1-4-8-14)32-19(17)24-12-11-23-22(24)25(29)30/h1-12,16-19,26H,13H2/t16-,17+,18-,19-/m1/s1. The van der Waals surface area contributed by atoms with Crippen LogP contribution in [-0.2, 0) is 14.2 Å². The van der Waals surface area contributed by atoms with Gasteiger partial charge in [0.1, 0.15) is 25.1 Å². The Bertz CT molecular complexity index is 1130. The Morgan fingerprint density at radius 3 is 2.27 bits per heavy atom. The zero-order valence-electron chi connectivity index (χ0n) is 17.1. The summed E-state index contributed by atoms with van der Waals surface area (Å²) in [5.41, 5.74) is 0.539. The van der Waals surface area contributed by atoms with E-state index in [1.54, 1.807) is 48.5 Å². The average Bonchev–Trinajstić information content (AvgIpc) is 3.44. The van der Waals surface area contributed by atoms with Crippen LogP contribution in [0.5, 0.6) is 0 Å². The number of imidazole rings is 1. The topological polar surface area (TPSA) is 143 Å². The monoisotopic (exact) mass is 453 g/mol. The highest BCUT2D eigenvalue weighted by Crippen LogP contribution is 2.34. The van der Waals surface area contributed by atoms with Gasteiger partial charge in [0.25, 0.3) is 0 Å². The summed E-state index contributed by atoms with van der Waals surface area (Å²) >= 11 is 0. The maximum atomic E-state index is 12.6. The van der Waals surface area contributed by atoms with Gasteiger partial charge in [0.15, 0.2) is 12.2 Å². The van der Waals surface area contributed by atoms with E-state index in [1.165, 1.54) is 24.5 Å². The fraction of sp³-hybridized carbons (Fsp3) is 0.227. The van der Waals surface area contributed by atoms with Gasteiger partial charge in [-0.05, 0) is 29.2 Å². The van der Waals surface area contributed by atoms with Crippen molar-refractivity contribution in [3.05, 3.63) is 94.3 Å². The van der Waals surface area contributed by atoms with Crippen LogP contribution in [-0.4, -0.2) is 56.4 Å². The highest BCUT2D eigenvalue weighted by Gasteiger charge is 2.50. The van der Waals surface area contributed by atoms with E-state index in [-0.39, 0.29) is 12.2 Å². The number of aromatic nitrogens is 2. The highest BCUT2D eigenvalue weighted by molar-refractivity contribution is 5.90. The van der Waals surface area contributed by atoms with E-state index >= 15 is 0 Å². The third-order valence-corrected chi connectivity index (χ3v) is 5.04. The first-order valence-corrected chi connectivity index (χ1v) is 9.94. The normalized spacial score (nSPS) is 22.0. The molecule has 170 valence electrons. The Morgan fingerprint density at radius 2 is 1.67 bits per heavy atom. The van der Waals surface area contributed by atoms with Crippen LogP contribution in [0.25, 0.3) is 0 Å². The van der Waals surface area contributed by atoms with E-state index in [4.69, 9.17) is 14.2 Å². The lowest BCUT2D eigenvalue weighted by molar-refractivity contribution is -0.398. The van der Waals surface area contributed by atoms with Gasteiger partial charge in [-0.1, -0.05) is 41.4 Å². The van der Waals surface area contributed by atoms with E-state index in [1.807, 2.05) is 0 Å². The first-order chi connectivity index (χ1) is 16.0. The van der Waals surface area contributed by atoms with Gasteiger partial charge in [0.2, 0.25) is 6.23 Å². The molecule has 0 bridgehead atoms. The number of nitro groups is 1. The number of rotatable bonds is 7. The van der Waals surface area contributed by atoms with Crippen molar-refractivity contribution in [3.8, 4) is 0 Å². The minimum absolute atomic E-state index is 0.238. The summed E-state index contributed by atoms with van der Waals surface area (Å²) in [6, 6.07) is 16.3. The van der Waals surface area contributed by atoms with Gasteiger partial charge in [0.05, 0.1) is 11.1 Å². The smallest absolute Gasteiger partial charge is 0.436 e. The molecule has 0 radical (unpaired) electrons. The Balaban J connectivity index is 1.55. The van der Waals surface area contributed by atoms with Crippen molar-refractivity contribution < 1.29 is 33.8 Å². The second-order valence-corrected chi connectivity index (χ2v) is 7.15. The van der Waals surface area contributed by atoms with E-state index in [0.29, 0.717) is 5.56 Å². The van der Waals surface area contributed by atoms with Crippen LogP contribution in [0.1, 0.15) is 26.9 Å². The molecule has 1 saturated heterocycles. The molecular formula is C22H19N3O8. The molecule has 1 aliphatic rings. The fourth-order valence-corrected chi connectivity index (χ4v) is 3.46. The van der Waals surface area contributed by atoms with Gasteiger partial charge < -0.3 is 29.4 Å². The molecule has 4 rings (SSSR count). The molecular weight excluding hydrogens is 434 g/mol. The van der Waals surface area contributed by atoms with Crippen LogP contribution in [0, 0.1) is 10.1 Å². The fourth-order valence-electron chi connectivity index (χ4n) is 3.46. The van der Waals surface area contributed by atoms with Crippen molar-refractivity contribution in [2.75, 3.05) is 6.61 Å². The molecule has 1 N–H and O–H groups in total. The molecule has 2 aromatic carbocycles. The largest absolute Gasteiger partial charge is 0.459 e. The van der Waals surface area contributed by atoms with Crippen molar-refractivity contribution in [3.63, 3.8) is 0 Å². The maximum Gasteiger partial charge on any atom is 0.436 e. The zero-order valence-corrected chi connectivity index (χ0v) is 17.1. The van der Waals surface area contributed by atoms with Gasteiger partial charge in [-0.2, -0.15) is 4.57 Å². The molecule has 0 unspecified atom stereocenters. The zero-order chi connectivity index (χ0) is 23.4. The number of hydrogen-bond donors (Lipinski definition) is 1. The lowest BCUT2D eigenvalue weighted by Crippen LogP contribution is -2.38. The van der Waals surface area contributed by atoms with Crippen LogP contribution in [0.15, 0.2) is 73.1 Å². The van der Waals surface area contributed by atoms with Gasteiger partial charge in [-0.25, -0.2) is 9.59 Å². The number of hydrogen-bond acceptors (Lipinski definition) is 9.